The number of carbonyl (C=O) groups excluding carboxylic acids is 1. The largest absolute Gasteiger partial charge is 0.447 e. The van der Waals surface area contributed by atoms with Gasteiger partial charge in [0.2, 0.25) is 0 Å². The average Bonchev–Trinajstić information content (AvgIpc) is 2.35. The molecule has 1 fully saturated rings. The molecule has 0 aromatic heterocycles. The van der Waals surface area contributed by atoms with Crippen LogP contribution in [-0.2, 0) is 9.53 Å². The lowest BCUT2D eigenvalue weighted by molar-refractivity contribution is -0.148. The van der Waals surface area contributed by atoms with E-state index in [2.05, 4.69) is 0 Å². The molecule has 0 aliphatic heterocycles. The van der Waals surface area contributed by atoms with Crippen LogP contribution in [0.3, 0.4) is 0 Å². The highest BCUT2D eigenvalue weighted by Gasteiger charge is 2.23. The van der Waals surface area contributed by atoms with E-state index >= 15 is 0 Å². The highest BCUT2D eigenvalue weighted by molar-refractivity contribution is 5.85. The normalized spacial score (nSPS) is 19.8. The molecule has 0 aromatic carbocycles. The minimum Gasteiger partial charge on any atom is -0.447 e. The van der Waals surface area contributed by atoms with Gasteiger partial charge in [-0.2, -0.15) is 0 Å². The van der Waals surface area contributed by atoms with Crippen LogP contribution < -0.4 is 5.73 Å². The zero-order valence-corrected chi connectivity index (χ0v) is 8.10. The van der Waals surface area contributed by atoms with Crippen molar-refractivity contribution in [3.05, 3.63) is 0 Å². The maximum absolute atomic E-state index is 10.5. The molecule has 3 nitrogen and oxygen atoms in total. The van der Waals surface area contributed by atoms with Gasteiger partial charge < -0.3 is 4.74 Å². The molecule has 0 heterocycles. The molecule has 4 heteroatoms. The first-order valence-corrected chi connectivity index (χ1v) is 4.13. The number of ether oxygens (including phenoxy) is 1. The first kappa shape index (κ1) is 11.7. The zero-order chi connectivity index (χ0) is 8.27. The molecule has 0 amide bonds. The Bertz CT molecular complexity index is 146. The molecule has 1 rings (SSSR count). The molecule has 0 spiro atoms. The second-order valence-electron chi connectivity index (χ2n) is 3.12. The Balaban J connectivity index is 0.00000121. The van der Waals surface area contributed by atoms with E-state index in [9.17, 15) is 4.79 Å². The average molecular weight is 194 g/mol. The zero-order valence-electron chi connectivity index (χ0n) is 7.29. The van der Waals surface area contributed by atoms with Crippen molar-refractivity contribution in [3.63, 3.8) is 0 Å². The molecule has 1 atom stereocenters. The number of hydrogen-bond acceptors (Lipinski definition) is 3. The van der Waals surface area contributed by atoms with Crippen molar-refractivity contribution in [3.8, 4) is 0 Å². The van der Waals surface area contributed by atoms with Crippen LogP contribution in [0, 0.1) is 5.92 Å². The van der Waals surface area contributed by atoms with E-state index in [0.29, 0.717) is 5.92 Å². The van der Waals surface area contributed by atoms with Crippen molar-refractivity contribution in [2.45, 2.75) is 38.8 Å². The van der Waals surface area contributed by atoms with Crippen LogP contribution in [0.1, 0.15) is 32.6 Å². The number of esters is 1. The molecular formula is C8H16ClNO2. The van der Waals surface area contributed by atoms with Crippen LogP contribution in [0.25, 0.3) is 0 Å². The number of hydrogen-bond donors (Lipinski definition) is 1. The third kappa shape index (κ3) is 3.41. The molecule has 1 aliphatic rings. The standard InChI is InChI=1S/C8H15NO2.ClH/c1-6(10)11-8(9)7-4-2-3-5-7;/h7-8H,2-5,9H2,1H3;1H/t8-;/m0./s1. The predicted molar refractivity (Wildman–Crippen MR) is 48.9 cm³/mol. The predicted octanol–water partition coefficient (Wildman–Crippen LogP) is 1.45. The Labute approximate surface area is 79.1 Å². The van der Waals surface area contributed by atoms with E-state index in [4.69, 9.17) is 10.5 Å². The Hall–Kier alpha value is -0.280. The van der Waals surface area contributed by atoms with Crippen LogP contribution in [-0.4, -0.2) is 12.2 Å². The van der Waals surface area contributed by atoms with E-state index in [1.54, 1.807) is 0 Å². The van der Waals surface area contributed by atoms with Crippen LogP contribution in [0.2, 0.25) is 0 Å². The SMILES string of the molecule is CC(=O)O[C@H](N)C1CCCC1.Cl. The van der Waals surface area contributed by atoms with Crippen LogP contribution in [0.5, 0.6) is 0 Å². The third-order valence-electron chi connectivity index (χ3n) is 2.17. The fraction of sp³-hybridized carbons (Fsp3) is 0.875. The summed E-state index contributed by atoms with van der Waals surface area (Å²) < 4.78 is 4.87. The number of rotatable bonds is 2. The molecule has 1 aliphatic carbocycles. The maximum atomic E-state index is 10.5. The maximum Gasteiger partial charge on any atom is 0.304 e. The van der Waals surface area contributed by atoms with Crippen molar-refractivity contribution >= 4 is 18.4 Å². The summed E-state index contributed by atoms with van der Waals surface area (Å²) in [5.41, 5.74) is 5.64. The second-order valence-corrected chi connectivity index (χ2v) is 3.12. The van der Waals surface area contributed by atoms with E-state index in [-0.39, 0.29) is 24.6 Å². The molecule has 0 bridgehead atoms. The summed E-state index contributed by atoms with van der Waals surface area (Å²) in [6.07, 6.45) is 4.29. The Morgan fingerprint density at radius 2 is 2.00 bits per heavy atom. The quantitative estimate of drug-likeness (QED) is 0.534. The van der Waals surface area contributed by atoms with E-state index in [1.165, 1.54) is 19.8 Å². The summed E-state index contributed by atoms with van der Waals surface area (Å²) in [6.45, 7) is 1.40. The van der Waals surface area contributed by atoms with Crippen LogP contribution in [0.4, 0.5) is 0 Å². The van der Waals surface area contributed by atoms with Crippen molar-refractivity contribution < 1.29 is 9.53 Å². The van der Waals surface area contributed by atoms with E-state index in [1.807, 2.05) is 0 Å². The minimum atomic E-state index is -0.366. The van der Waals surface area contributed by atoms with Gasteiger partial charge in [0.05, 0.1) is 0 Å². The molecule has 0 radical (unpaired) electrons. The minimum absolute atomic E-state index is 0. The van der Waals surface area contributed by atoms with Crippen LogP contribution >= 0.6 is 12.4 Å². The topological polar surface area (TPSA) is 52.3 Å². The summed E-state index contributed by atoms with van der Waals surface area (Å²) in [4.78, 5) is 10.5. The first-order chi connectivity index (χ1) is 5.20. The van der Waals surface area contributed by atoms with Gasteiger partial charge in [-0.25, -0.2) is 0 Å². The van der Waals surface area contributed by atoms with E-state index < -0.39 is 0 Å². The van der Waals surface area contributed by atoms with Gasteiger partial charge >= 0.3 is 5.97 Å². The molecule has 2 N–H and O–H groups in total. The molecule has 0 aromatic rings. The van der Waals surface area contributed by atoms with Gasteiger partial charge in [-0.1, -0.05) is 12.8 Å². The summed E-state index contributed by atoms with van der Waals surface area (Å²) in [5, 5.41) is 0. The summed E-state index contributed by atoms with van der Waals surface area (Å²) in [7, 11) is 0. The first-order valence-electron chi connectivity index (χ1n) is 4.13. The lowest BCUT2D eigenvalue weighted by atomic mass is 10.1. The molecule has 72 valence electrons. The molecule has 1 saturated carbocycles. The Morgan fingerprint density at radius 1 is 1.50 bits per heavy atom. The van der Waals surface area contributed by atoms with Gasteiger partial charge in [-0.05, 0) is 12.8 Å². The molecule has 12 heavy (non-hydrogen) atoms. The van der Waals surface area contributed by atoms with Gasteiger partial charge in [-0.15, -0.1) is 12.4 Å². The summed E-state index contributed by atoms with van der Waals surface area (Å²) in [6, 6.07) is 0. The van der Waals surface area contributed by atoms with Crippen molar-refractivity contribution in [2.24, 2.45) is 11.7 Å². The fourth-order valence-corrected chi connectivity index (χ4v) is 1.57. The van der Waals surface area contributed by atoms with Gasteiger partial charge in [0.1, 0.15) is 0 Å². The number of halogens is 1. The van der Waals surface area contributed by atoms with Crippen molar-refractivity contribution in [2.75, 3.05) is 0 Å². The molecule has 0 saturated heterocycles. The Morgan fingerprint density at radius 3 is 2.42 bits per heavy atom. The van der Waals surface area contributed by atoms with Crippen molar-refractivity contribution in [1.82, 2.24) is 0 Å². The van der Waals surface area contributed by atoms with Gasteiger partial charge in [-0.3, -0.25) is 10.5 Å². The number of nitrogens with two attached hydrogens (primary N) is 1. The smallest absolute Gasteiger partial charge is 0.304 e. The van der Waals surface area contributed by atoms with Gasteiger partial charge in [0.15, 0.2) is 6.23 Å². The summed E-state index contributed by atoms with van der Waals surface area (Å²) in [5.74, 6) is 0.128. The lowest BCUT2D eigenvalue weighted by Crippen LogP contribution is -2.32. The second kappa shape index (κ2) is 5.38. The summed E-state index contributed by atoms with van der Waals surface area (Å²) >= 11 is 0. The highest BCUT2D eigenvalue weighted by Crippen LogP contribution is 2.27. The third-order valence-corrected chi connectivity index (χ3v) is 2.17. The van der Waals surface area contributed by atoms with Crippen LogP contribution in [0.15, 0.2) is 0 Å². The Kier molecular flexibility index (Phi) is 5.25. The molecular weight excluding hydrogens is 178 g/mol. The van der Waals surface area contributed by atoms with Gasteiger partial charge in [0, 0.05) is 12.8 Å². The van der Waals surface area contributed by atoms with E-state index in [0.717, 1.165) is 12.8 Å². The lowest BCUT2D eigenvalue weighted by Gasteiger charge is -2.17. The highest BCUT2D eigenvalue weighted by atomic mass is 35.5. The number of carbonyl (C=O) groups is 1. The van der Waals surface area contributed by atoms with Gasteiger partial charge in [0.25, 0.3) is 0 Å². The monoisotopic (exact) mass is 193 g/mol. The fourth-order valence-electron chi connectivity index (χ4n) is 1.57. The molecule has 0 unspecified atom stereocenters. The van der Waals surface area contributed by atoms with Crippen molar-refractivity contribution in [1.29, 1.82) is 0 Å².